The number of phenols is 1. The zero-order chi connectivity index (χ0) is 13.7. The van der Waals surface area contributed by atoms with Crippen molar-refractivity contribution in [3.63, 3.8) is 0 Å². The highest BCUT2D eigenvalue weighted by Gasteiger charge is 2.09. The number of ether oxygens (including phenoxy) is 1. The molecular formula is C16H19NO2. The summed E-state index contributed by atoms with van der Waals surface area (Å²) in [7, 11) is 0. The van der Waals surface area contributed by atoms with Crippen LogP contribution in [0, 0.1) is 0 Å². The van der Waals surface area contributed by atoms with Gasteiger partial charge in [0.1, 0.15) is 18.1 Å². The molecule has 0 aromatic heterocycles. The molecule has 0 aliphatic rings. The third-order valence-corrected chi connectivity index (χ3v) is 3.09. The molecule has 0 radical (unpaired) electrons. The van der Waals surface area contributed by atoms with Crippen LogP contribution in [-0.2, 0) is 6.61 Å². The minimum absolute atomic E-state index is 0.00369. The Balaban J connectivity index is 2.09. The molecule has 3 nitrogen and oxygen atoms in total. The quantitative estimate of drug-likeness (QED) is 0.863. The second-order valence-electron chi connectivity index (χ2n) is 4.51. The van der Waals surface area contributed by atoms with Crippen molar-refractivity contribution in [3.8, 4) is 11.5 Å². The normalized spacial score (nSPS) is 12.1. The highest BCUT2D eigenvalue weighted by molar-refractivity contribution is 5.36. The maximum absolute atomic E-state index is 9.23. The van der Waals surface area contributed by atoms with Gasteiger partial charge in [0.15, 0.2) is 0 Å². The second kappa shape index (κ2) is 6.25. The SMILES string of the molecule is CCC(N)c1ccccc1OCc1ccc(O)cc1. The van der Waals surface area contributed by atoms with Crippen molar-refractivity contribution < 1.29 is 9.84 Å². The molecular weight excluding hydrogens is 238 g/mol. The van der Waals surface area contributed by atoms with Crippen molar-refractivity contribution >= 4 is 0 Å². The Morgan fingerprint density at radius 2 is 1.79 bits per heavy atom. The molecule has 0 aliphatic heterocycles. The van der Waals surface area contributed by atoms with Gasteiger partial charge in [0, 0.05) is 11.6 Å². The average molecular weight is 257 g/mol. The first kappa shape index (κ1) is 13.4. The van der Waals surface area contributed by atoms with Gasteiger partial charge in [-0.05, 0) is 30.2 Å². The number of aromatic hydroxyl groups is 1. The van der Waals surface area contributed by atoms with Crippen LogP contribution >= 0.6 is 0 Å². The Labute approximate surface area is 113 Å². The molecule has 0 heterocycles. The van der Waals surface area contributed by atoms with Crippen LogP contribution in [0.3, 0.4) is 0 Å². The van der Waals surface area contributed by atoms with Crippen LogP contribution in [0.25, 0.3) is 0 Å². The van der Waals surface area contributed by atoms with Gasteiger partial charge < -0.3 is 15.6 Å². The van der Waals surface area contributed by atoms with Crippen LogP contribution in [0.2, 0.25) is 0 Å². The van der Waals surface area contributed by atoms with E-state index >= 15 is 0 Å². The molecule has 0 aliphatic carbocycles. The molecule has 1 unspecified atom stereocenters. The number of benzene rings is 2. The van der Waals surface area contributed by atoms with Gasteiger partial charge in [-0.25, -0.2) is 0 Å². The number of rotatable bonds is 5. The summed E-state index contributed by atoms with van der Waals surface area (Å²) < 4.78 is 5.82. The lowest BCUT2D eigenvalue weighted by Crippen LogP contribution is -2.10. The lowest BCUT2D eigenvalue weighted by molar-refractivity contribution is 0.300. The van der Waals surface area contributed by atoms with E-state index in [2.05, 4.69) is 6.92 Å². The topological polar surface area (TPSA) is 55.5 Å². The number of hydrogen-bond donors (Lipinski definition) is 2. The smallest absolute Gasteiger partial charge is 0.124 e. The van der Waals surface area contributed by atoms with Gasteiger partial charge in [-0.1, -0.05) is 37.3 Å². The first-order chi connectivity index (χ1) is 9.20. The van der Waals surface area contributed by atoms with E-state index in [1.54, 1.807) is 12.1 Å². The minimum Gasteiger partial charge on any atom is -0.508 e. The Morgan fingerprint density at radius 1 is 1.11 bits per heavy atom. The van der Waals surface area contributed by atoms with Gasteiger partial charge >= 0.3 is 0 Å². The average Bonchev–Trinajstić information content (AvgIpc) is 2.46. The minimum atomic E-state index is -0.00369. The van der Waals surface area contributed by atoms with Crippen LogP contribution in [0.5, 0.6) is 11.5 Å². The number of para-hydroxylation sites is 1. The largest absolute Gasteiger partial charge is 0.508 e. The maximum Gasteiger partial charge on any atom is 0.124 e. The Bertz CT molecular complexity index is 523. The van der Waals surface area contributed by atoms with Crippen molar-refractivity contribution in [1.29, 1.82) is 0 Å². The van der Waals surface area contributed by atoms with Gasteiger partial charge in [0.05, 0.1) is 0 Å². The predicted octanol–water partition coefficient (Wildman–Crippen LogP) is 3.38. The van der Waals surface area contributed by atoms with Gasteiger partial charge in [0.25, 0.3) is 0 Å². The molecule has 2 rings (SSSR count). The summed E-state index contributed by atoms with van der Waals surface area (Å²) in [6.07, 6.45) is 0.875. The van der Waals surface area contributed by atoms with Crippen molar-refractivity contribution in [3.05, 3.63) is 59.7 Å². The third-order valence-electron chi connectivity index (χ3n) is 3.09. The van der Waals surface area contributed by atoms with E-state index in [0.29, 0.717) is 6.61 Å². The molecule has 0 amide bonds. The third kappa shape index (κ3) is 3.48. The zero-order valence-electron chi connectivity index (χ0n) is 11.0. The highest BCUT2D eigenvalue weighted by atomic mass is 16.5. The Hall–Kier alpha value is -2.00. The highest BCUT2D eigenvalue weighted by Crippen LogP contribution is 2.26. The monoisotopic (exact) mass is 257 g/mol. The summed E-state index contributed by atoms with van der Waals surface area (Å²) in [5.74, 6) is 1.09. The van der Waals surface area contributed by atoms with Crippen LogP contribution < -0.4 is 10.5 Å². The molecule has 3 heteroatoms. The van der Waals surface area contributed by atoms with Gasteiger partial charge in [-0.15, -0.1) is 0 Å². The molecule has 0 saturated carbocycles. The first-order valence-corrected chi connectivity index (χ1v) is 6.46. The second-order valence-corrected chi connectivity index (χ2v) is 4.51. The van der Waals surface area contributed by atoms with Gasteiger partial charge in [0.2, 0.25) is 0 Å². The van der Waals surface area contributed by atoms with Crippen molar-refractivity contribution in [1.82, 2.24) is 0 Å². The van der Waals surface area contributed by atoms with Crippen molar-refractivity contribution in [2.75, 3.05) is 0 Å². The molecule has 0 spiro atoms. The van der Waals surface area contributed by atoms with E-state index in [9.17, 15) is 5.11 Å². The van der Waals surface area contributed by atoms with E-state index < -0.39 is 0 Å². The van der Waals surface area contributed by atoms with Crippen molar-refractivity contribution in [2.45, 2.75) is 26.0 Å². The standard InChI is InChI=1S/C16H19NO2/c1-2-15(17)14-5-3-4-6-16(14)19-11-12-7-9-13(18)10-8-12/h3-10,15,18H,2,11,17H2,1H3. The molecule has 1 atom stereocenters. The summed E-state index contributed by atoms with van der Waals surface area (Å²) in [6.45, 7) is 2.52. The summed E-state index contributed by atoms with van der Waals surface area (Å²) in [4.78, 5) is 0. The molecule has 0 bridgehead atoms. The molecule has 0 fully saturated rings. The fraction of sp³-hybridized carbons (Fsp3) is 0.250. The zero-order valence-corrected chi connectivity index (χ0v) is 11.0. The number of nitrogens with two attached hydrogens (primary N) is 1. The first-order valence-electron chi connectivity index (χ1n) is 6.46. The van der Waals surface area contributed by atoms with Crippen LogP contribution in [0.4, 0.5) is 0 Å². The predicted molar refractivity (Wildman–Crippen MR) is 76.1 cm³/mol. The molecule has 0 saturated heterocycles. The fourth-order valence-electron chi connectivity index (χ4n) is 1.89. The molecule has 100 valence electrons. The summed E-state index contributed by atoms with van der Waals surface area (Å²) >= 11 is 0. The fourth-order valence-corrected chi connectivity index (χ4v) is 1.89. The lowest BCUT2D eigenvalue weighted by Gasteiger charge is -2.15. The van der Waals surface area contributed by atoms with Crippen molar-refractivity contribution in [2.24, 2.45) is 5.73 Å². The summed E-state index contributed by atoms with van der Waals surface area (Å²) in [5, 5.41) is 9.23. The van der Waals surface area contributed by atoms with Gasteiger partial charge in [-0.2, -0.15) is 0 Å². The number of hydrogen-bond acceptors (Lipinski definition) is 3. The van der Waals surface area contributed by atoms with E-state index in [1.807, 2.05) is 36.4 Å². The van der Waals surface area contributed by atoms with E-state index in [1.165, 1.54) is 0 Å². The molecule has 2 aromatic rings. The summed E-state index contributed by atoms with van der Waals surface area (Å²) in [5.41, 5.74) is 8.11. The molecule has 19 heavy (non-hydrogen) atoms. The van der Waals surface area contributed by atoms with E-state index in [0.717, 1.165) is 23.3 Å². The summed E-state index contributed by atoms with van der Waals surface area (Å²) in [6, 6.07) is 14.8. The molecule has 2 aromatic carbocycles. The Morgan fingerprint density at radius 3 is 2.47 bits per heavy atom. The van der Waals surface area contributed by atoms with Crippen LogP contribution in [-0.4, -0.2) is 5.11 Å². The van der Waals surface area contributed by atoms with E-state index in [4.69, 9.17) is 10.5 Å². The Kier molecular flexibility index (Phi) is 4.42. The van der Waals surface area contributed by atoms with Crippen LogP contribution in [0.15, 0.2) is 48.5 Å². The molecule has 3 N–H and O–H groups in total. The maximum atomic E-state index is 9.23. The van der Waals surface area contributed by atoms with Crippen LogP contribution in [0.1, 0.15) is 30.5 Å². The lowest BCUT2D eigenvalue weighted by atomic mass is 10.0. The van der Waals surface area contributed by atoms with E-state index in [-0.39, 0.29) is 11.8 Å². The number of phenolic OH excluding ortho intramolecular Hbond substituents is 1. The van der Waals surface area contributed by atoms with Gasteiger partial charge in [-0.3, -0.25) is 0 Å².